The van der Waals surface area contributed by atoms with Crippen molar-refractivity contribution in [1.82, 2.24) is 0 Å². The quantitative estimate of drug-likeness (QED) is 0.510. The molecule has 3 nitrogen and oxygen atoms in total. The van der Waals surface area contributed by atoms with Crippen molar-refractivity contribution in [3.63, 3.8) is 0 Å². The van der Waals surface area contributed by atoms with Crippen LogP contribution >= 0.6 is 0 Å². The molecule has 0 aliphatic rings. The van der Waals surface area contributed by atoms with E-state index in [9.17, 15) is 4.79 Å². The molecule has 0 heterocycles. The van der Waals surface area contributed by atoms with Crippen molar-refractivity contribution in [2.75, 3.05) is 0 Å². The van der Waals surface area contributed by atoms with E-state index >= 15 is 0 Å². The summed E-state index contributed by atoms with van der Waals surface area (Å²) in [5, 5.41) is 0. The monoisotopic (exact) mass is 130 g/mol. The minimum Gasteiger partial charge on any atom is -0.328 e. The molecule has 0 radical (unpaired) electrons. The van der Waals surface area contributed by atoms with E-state index in [-0.39, 0.29) is 12.1 Å². The number of carbonyl (C=O) groups is 1. The van der Waals surface area contributed by atoms with E-state index in [0.717, 1.165) is 12.7 Å². The van der Waals surface area contributed by atoms with Gasteiger partial charge in [-0.25, -0.2) is 0 Å². The predicted octanol–water partition coefficient (Wildman–Crippen LogP) is -0.360. The first-order valence-corrected chi connectivity index (χ1v) is 3.17. The first kappa shape index (κ1) is 8.59. The molecule has 3 heteroatoms. The van der Waals surface area contributed by atoms with E-state index in [1.54, 1.807) is 0 Å². The van der Waals surface area contributed by atoms with Gasteiger partial charge in [0.05, 0.1) is 6.04 Å². The molecule has 0 saturated carbocycles. The van der Waals surface area contributed by atoms with Gasteiger partial charge in [0.25, 0.3) is 0 Å². The maximum Gasteiger partial charge on any atom is 0.136 e. The number of carbonyl (C=O) groups excluding carboxylic acids is 1. The third-order valence-corrected chi connectivity index (χ3v) is 1.27. The Hall–Kier alpha value is -0.410. The lowest BCUT2D eigenvalue weighted by atomic mass is 10.1. The Labute approximate surface area is 55.4 Å². The third kappa shape index (κ3) is 4.12. The lowest BCUT2D eigenvalue weighted by Crippen LogP contribution is -2.31. The second kappa shape index (κ2) is 4.47. The zero-order chi connectivity index (χ0) is 7.28. The number of rotatable bonds is 4. The fraction of sp³-hybridized carbons (Fsp3) is 0.833. The molecule has 2 unspecified atom stereocenters. The summed E-state index contributed by atoms with van der Waals surface area (Å²) in [6, 6.07) is -0.301. The van der Waals surface area contributed by atoms with Crippen LogP contribution in [0.3, 0.4) is 0 Å². The number of hydrogen-bond acceptors (Lipinski definition) is 3. The Kier molecular flexibility index (Phi) is 4.26. The van der Waals surface area contributed by atoms with Gasteiger partial charge in [-0.1, -0.05) is 6.92 Å². The molecule has 0 aromatic heterocycles. The molecule has 0 aliphatic carbocycles. The molecule has 0 fully saturated rings. The van der Waals surface area contributed by atoms with Gasteiger partial charge in [-0.3, -0.25) is 0 Å². The van der Waals surface area contributed by atoms with Crippen molar-refractivity contribution in [3.8, 4) is 0 Å². The summed E-state index contributed by atoms with van der Waals surface area (Å²) in [5.41, 5.74) is 10.8. The van der Waals surface area contributed by atoms with E-state index in [4.69, 9.17) is 11.5 Å². The van der Waals surface area contributed by atoms with Crippen LogP contribution in [0.5, 0.6) is 0 Å². The summed E-state index contributed by atoms with van der Waals surface area (Å²) in [4.78, 5) is 9.98. The van der Waals surface area contributed by atoms with E-state index in [2.05, 4.69) is 0 Å². The summed E-state index contributed by atoms with van der Waals surface area (Å²) in [6.07, 6.45) is 2.21. The molecule has 0 aromatic rings. The van der Waals surface area contributed by atoms with Gasteiger partial charge in [0.2, 0.25) is 0 Å². The van der Waals surface area contributed by atoms with E-state index < -0.39 is 0 Å². The zero-order valence-corrected chi connectivity index (χ0v) is 5.71. The van der Waals surface area contributed by atoms with Gasteiger partial charge in [-0.2, -0.15) is 0 Å². The van der Waals surface area contributed by atoms with Crippen LogP contribution in [-0.2, 0) is 4.79 Å². The van der Waals surface area contributed by atoms with Crippen molar-refractivity contribution in [2.45, 2.75) is 31.8 Å². The SMILES string of the molecule is CCC(N)CC(N)C=O. The zero-order valence-electron chi connectivity index (χ0n) is 5.71. The van der Waals surface area contributed by atoms with Gasteiger partial charge in [-0.05, 0) is 12.8 Å². The molecule has 0 saturated heterocycles. The van der Waals surface area contributed by atoms with E-state index in [0.29, 0.717) is 6.42 Å². The first-order valence-electron chi connectivity index (χ1n) is 3.17. The van der Waals surface area contributed by atoms with Crippen molar-refractivity contribution >= 4 is 6.29 Å². The largest absolute Gasteiger partial charge is 0.328 e. The van der Waals surface area contributed by atoms with Crippen molar-refractivity contribution in [3.05, 3.63) is 0 Å². The summed E-state index contributed by atoms with van der Waals surface area (Å²) in [6.45, 7) is 1.97. The standard InChI is InChI=1S/C6H14N2O/c1-2-5(7)3-6(8)4-9/h4-6H,2-3,7-8H2,1H3. The fourth-order valence-corrected chi connectivity index (χ4v) is 0.572. The molecule has 9 heavy (non-hydrogen) atoms. The van der Waals surface area contributed by atoms with Crippen LogP contribution in [0.1, 0.15) is 19.8 Å². The first-order chi connectivity index (χ1) is 4.20. The van der Waals surface area contributed by atoms with Gasteiger partial charge < -0.3 is 16.3 Å². The lowest BCUT2D eigenvalue weighted by molar-refractivity contribution is -0.109. The van der Waals surface area contributed by atoms with Crippen molar-refractivity contribution in [2.24, 2.45) is 11.5 Å². The summed E-state index contributed by atoms with van der Waals surface area (Å²) in [5.74, 6) is 0. The normalized spacial score (nSPS) is 16.8. The van der Waals surface area contributed by atoms with Crippen LogP contribution in [-0.4, -0.2) is 18.4 Å². The molecular weight excluding hydrogens is 116 g/mol. The number of nitrogens with two attached hydrogens (primary N) is 2. The number of hydrogen-bond donors (Lipinski definition) is 2. The maximum absolute atomic E-state index is 9.98. The minimum absolute atomic E-state index is 0.0743. The predicted molar refractivity (Wildman–Crippen MR) is 36.9 cm³/mol. The van der Waals surface area contributed by atoms with Crippen LogP contribution in [0.25, 0.3) is 0 Å². The summed E-state index contributed by atoms with van der Waals surface area (Å²) < 4.78 is 0. The Bertz CT molecular complexity index is 85.1. The summed E-state index contributed by atoms with van der Waals surface area (Å²) >= 11 is 0. The lowest BCUT2D eigenvalue weighted by Gasteiger charge is -2.09. The van der Waals surface area contributed by atoms with Gasteiger partial charge in [0.1, 0.15) is 6.29 Å². The van der Waals surface area contributed by atoms with Crippen LogP contribution < -0.4 is 11.5 Å². The van der Waals surface area contributed by atoms with Crippen molar-refractivity contribution in [1.29, 1.82) is 0 Å². The molecule has 2 atom stereocenters. The highest BCUT2D eigenvalue weighted by molar-refractivity contribution is 5.56. The average Bonchev–Trinajstić information content (AvgIpc) is 1.87. The molecule has 54 valence electrons. The second-order valence-corrected chi connectivity index (χ2v) is 2.20. The van der Waals surface area contributed by atoms with Gasteiger partial charge in [0.15, 0.2) is 0 Å². The van der Waals surface area contributed by atoms with Crippen LogP contribution in [0, 0.1) is 0 Å². The molecule has 0 bridgehead atoms. The van der Waals surface area contributed by atoms with Crippen molar-refractivity contribution < 1.29 is 4.79 Å². The minimum atomic E-state index is -0.375. The Morgan fingerprint density at radius 1 is 1.56 bits per heavy atom. The average molecular weight is 130 g/mol. The smallest absolute Gasteiger partial charge is 0.136 e. The molecule has 0 rings (SSSR count). The third-order valence-electron chi connectivity index (χ3n) is 1.27. The molecule has 0 aliphatic heterocycles. The Morgan fingerprint density at radius 2 is 2.11 bits per heavy atom. The number of aldehydes is 1. The highest BCUT2D eigenvalue weighted by atomic mass is 16.1. The molecule has 4 N–H and O–H groups in total. The molecule has 0 aromatic carbocycles. The molecule has 0 spiro atoms. The van der Waals surface area contributed by atoms with E-state index in [1.165, 1.54) is 0 Å². The van der Waals surface area contributed by atoms with E-state index in [1.807, 2.05) is 6.92 Å². The second-order valence-electron chi connectivity index (χ2n) is 2.20. The molecular formula is C6H14N2O. The van der Waals surface area contributed by atoms with Crippen LogP contribution in [0.2, 0.25) is 0 Å². The maximum atomic E-state index is 9.98. The van der Waals surface area contributed by atoms with Crippen LogP contribution in [0.4, 0.5) is 0 Å². The van der Waals surface area contributed by atoms with Gasteiger partial charge >= 0.3 is 0 Å². The summed E-state index contributed by atoms with van der Waals surface area (Å²) in [7, 11) is 0. The molecule has 0 amide bonds. The van der Waals surface area contributed by atoms with Gasteiger partial charge in [-0.15, -0.1) is 0 Å². The fourth-order valence-electron chi connectivity index (χ4n) is 0.572. The Morgan fingerprint density at radius 3 is 2.44 bits per heavy atom. The Balaban J connectivity index is 3.33. The van der Waals surface area contributed by atoms with Gasteiger partial charge in [0, 0.05) is 6.04 Å². The highest BCUT2D eigenvalue weighted by Crippen LogP contribution is 1.94. The highest BCUT2D eigenvalue weighted by Gasteiger charge is 2.04. The topological polar surface area (TPSA) is 69.1 Å². The van der Waals surface area contributed by atoms with Crippen LogP contribution in [0.15, 0.2) is 0 Å².